The number of hydrogen-bond donors (Lipinski definition) is 2. The highest BCUT2D eigenvalue weighted by molar-refractivity contribution is 5.61. The molecule has 23 heavy (non-hydrogen) atoms. The van der Waals surface area contributed by atoms with Gasteiger partial charge in [0, 0.05) is 29.5 Å². The van der Waals surface area contributed by atoms with Crippen molar-refractivity contribution < 1.29 is 14.9 Å². The van der Waals surface area contributed by atoms with Gasteiger partial charge < -0.3 is 14.9 Å². The molecule has 4 heteroatoms. The van der Waals surface area contributed by atoms with Crippen molar-refractivity contribution in [2.75, 3.05) is 13.1 Å². The first-order valence-corrected chi connectivity index (χ1v) is 8.40. The summed E-state index contributed by atoms with van der Waals surface area (Å²) in [6.07, 6.45) is 7.04. The predicted molar refractivity (Wildman–Crippen MR) is 86.7 cm³/mol. The van der Waals surface area contributed by atoms with Gasteiger partial charge in [-0.15, -0.1) is 6.58 Å². The van der Waals surface area contributed by atoms with E-state index >= 15 is 0 Å². The number of aromatic hydroxyl groups is 1. The van der Waals surface area contributed by atoms with Crippen LogP contribution in [0.4, 0.5) is 0 Å². The molecule has 2 aliphatic heterocycles. The second kappa shape index (κ2) is 4.40. The second-order valence-electron chi connectivity index (χ2n) is 7.23. The van der Waals surface area contributed by atoms with Crippen LogP contribution >= 0.6 is 0 Å². The van der Waals surface area contributed by atoms with Gasteiger partial charge >= 0.3 is 0 Å². The molecule has 1 aromatic carbocycles. The van der Waals surface area contributed by atoms with Gasteiger partial charge in [0.25, 0.3) is 0 Å². The summed E-state index contributed by atoms with van der Waals surface area (Å²) in [5.74, 6) is 1.13. The van der Waals surface area contributed by atoms with Crippen molar-refractivity contribution in [3.8, 4) is 11.5 Å². The molecule has 0 saturated carbocycles. The summed E-state index contributed by atoms with van der Waals surface area (Å²) in [7, 11) is 0. The van der Waals surface area contributed by atoms with Crippen LogP contribution in [0, 0.1) is 5.92 Å². The summed E-state index contributed by atoms with van der Waals surface area (Å²) in [6.45, 7) is 5.76. The molecule has 1 fully saturated rings. The Hall–Kier alpha value is -1.78. The van der Waals surface area contributed by atoms with Crippen LogP contribution in [0.1, 0.15) is 17.5 Å². The van der Waals surface area contributed by atoms with E-state index in [-0.39, 0.29) is 17.3 Å². The number of aliphatic hydroxyl groups is 1. The summed E-state index contributed by atoms with van der Waals surface area (Å²) >= 11 is 0. The van der Waals surface area contributed by atoms with Gasteiger partial charge in [-0.1, -0.05) is 24.3 Å². The number of benzene rings is 1. The Balaban J connectivity index is 1.76. The third-order valence-electron chi connectivity index (χ3n) is 6.35. The van der Waals surface area contributed by atoms with E-state index in [9.17, 15) is 10.2 Å². The summed E-state index contributed by atoms with van der Waals surface area (Å²) < 4.78 is 6.13. The van der Waals surface area contributed by atoms with E-state index in [1.54, 1.807) is 6.07 Å². The summed E-state index contributed by atoms with van der Waals surface area (Å²) in [5, 5.41) is 20.8. The lowest BCUT2D eigenvalue weighted by Crippen LogP contribution is -2.65. The molecule has 2 unspecified atom stereocenters. The van der Waals surface area contributed by atoms with Crippen molar-refractivity contribution in [1.82, 2.24) is 4.90 Å². The van der Waals surface area contributed by atoms with Gasteiger partial charge in [0.1, 0.15) is 12.2 Å². The first-order chi connectivity index (χ1) is 11.2. The van der Waals surface area contributed by atoms with Crippen LogP contribution in [-0.4, -0.2) is 46.5 Å². The molecule has 1 spiro atoms. The molecule has 4 nitrogen and oxygen atoms in total. The molecule has 120 valence electrons. The fourth-order valence-electron chi connectivity index (χ4n) is 5.52. The standard InChI is InChI=1S/C19H21NO3/c1-2-8-20-9-7-19-12-4-6-15(22)18(19)23-17-14(21)5-3-11(16(17)19)10-13(12)20/h2-6,12-13,15,18,21-22H,1,7-10H2/t12-,13+,15?,18?,19-/m0/s1. The highest BCUT2D eigenvalue weighted by atomic mass is 16.5. The fraction of sp³-hybridized carbons (Fsp3) is 0.474. The average Bonchev–Trinajstić information content (AvgIpc) is 2.89. The Bertz CT molecular complexity index is 728. The maximum atomic E-state index is 10.5. The zero-order valence-corrected chi connectivity index (χ0v) is 13.0. The van der Waals surface area contributed by atoms with Gasteiger partial charge in [-0.2, -0.15) is 0 Å². The van der Waals surface area contributed by atoms with Crippen LogP contribution in [0.2, 0.25) is 0 Å². The smallest absolute Gasteiger partial charge is 0.165 e. The lowest BCUT2D eigenvalue weighted by Gasteiger charge is -2.57. The number of rotatable bonds is 2. The molecule has 1 saturated heterocycles. The first kappa shape index (κ1) is 13.6. The van der Waals surface area contributed by atoms with Gasteiger partial charge in [0.05, 0.1) is 0 Å². The van der Waals surface area contributed by atoms with Gasteiger partial charge in [0.2, 0.25) is 0 Å². The van der Waals surface area contributed by atoms with Crippen molar-refractivity contribution in [3.05, 3.63) is 48.1 Å². The number of ether oxygens (including phenoxy) is 1. The molecule has 5 rings (SSSR count). The minimum Gasteiger partial charge on any atom is -0.504 e. The maximum absolute atomic E-state index is 10.5. The van der Waals surface area contributed by atoms with E-state index in [0.29, 0.717) is 17.7 Å². The maximum Gasteiger partial charge on any atom is 0.165 e. The minimum absolute atomic E-state index is 0.196. The van der Waals surface area contributed by atoms with Gasteiger partial charge in [-0.05, 0) is 31.0 Å². The van der Waals surface area contributed by atoms with E-state index < -0.39 is 6.10 Å². The van der Waals surface area contributed by atoms with E-state index in [2.05, 4.69) is 17.6 Å². The van der Waals surface area contributed by atoms with Crippen molar-refractivity contribution in [3.63, 3.8) is 0 Å². The summed E-state index contributed by atoms with van der Waals surface area (Å²) in [6, 6.07) is 4.17. The third-order valence-corrected chi connectivity index (χ3v) is 6.35. The number of aliphatic hydroxyl groups excluding tert-OH is 1. The van der Waals surface area contributed by atoms with E-state index in [4.69, 9.17) is 4.74 Å². The molecule has 5 atom stereocenters. The van der Waals surface area contributed by atoms with E-state index in [1.807, 2.05) is 18.2 Å². The van der Waals surface area contributed by atoms with E-state index in [0.717, 1.165) is 31.5 Å². The SMILES string of the molecule is C=CCN1CC[C@]23c4c5ccc(O)c4OC2C(O)C=C[C@H]3[C@H]1C5. The molecule has 1 aromatic rings. The minimum atomic E-state index is -0.615. The lowest BCUT2D eigenvalue weighted by molar-refractivity contribution is -0.0488. The van der Waals surface area contributed by atoms with E-state index in [1.165, 1.54) is 5.56 Å². The number of nitrogens with zero attached hydrogens (tertiary/aromatic N) is 1. The van der Waals surface area contributed by atoms with Gasteiger partial charge in [0.15, 0.2) is 11.5 Å². The van der Waals surface area contributed by atoms with Gasteiger partial charge in [-0.25, -0.2) is 0 Å². The van der Waals surface area contributed by atoms with Crippen molar-refractivity contribution >= 4 is 0 Å². The molecular formula is C19H21NO3. The zero-order chi connectivity index (χ0) is 15.8. The van der Waals surface area contributed by atoms with Crippen LogP contribution in [0.5, 0.6) is 11.5 Å². The highest BCUT2D eigenvalue weighted by Crippen LogP contribution is 2.62. The molecule has 0 amide bonds. The van der Waals surface area contributed by atoms with Crippen LogP contribution in [0.25, 0.3) is 0 Å². The Morgan fingerprint density at radius 3 is 3.09 bits per heavy atom. The normalized spacial score (nSPS) is 39.7. The van der Waals surface area contributed by atoms with Gasteiger partial charge in [-0.3, -0.25) is 4.90 Å². The Morgan fingerprint density at radius 2 is 2.26 bits per heavy atom. The zero-order valence-electron chi connectivity index (χ0n) is 13.0. The first-order valence-electron chi connectivity index (χ1n) is 8.40. The van der Waals surface area contributed by atoms with Crippen molar-refractivity contribution in [1.29, 1.82) is 0 Å². The third kappa shape index (κ3) is 1.49. The molecule has 2 heterocycles. The Morgan fingerprint density at radius 1 is 1.39 bits per heavy atom. The largest absolute Gasteiger partial charge is 0.504 e. The molecule has 4 aliphatic rings. The molecule has 2 bridgehead atoms. The number of piperidine rings is 1. The number of likely N-dealkylation sites (tertiary alicyclic amines) is 1. The molecule has 0 radical (unpaired) electrons. The van der Waals surface area contributed by atoms with Crippen LogP contribution in [-0.2, 0) is 11.8 Å². The highest BCUT2D eigenvalue weighted by Gasteiger charge is 2.64. The fourth-order valence-corrected chi connectivity index (χ4v) is 5.52. The topological polar surface area (TPSA) is 52.9 Å². The monoisotopic (exact) mass is 311 g/mol. The molecular weight excluding hydrogens is 290 g/mol. The molecule has 2 aliphatic carbocycles. The lowest BCUT2D eigenvalue weighted by atomic mass is 9.53. The van der Waals surface area contributed by atoms with Crippen molar-refractivity contribution in [2.24, 2.45) is 5.92 Å². The summed E-state index contributed by atoms with van der Waals surface area (Å²) in [5.41, 5.74) is 2.22. The second-order valence-corrected chi connectivity index (χ2v) is 7.23. The number of phenols is 1. The van der Waals surface area contributed by atoms with Crippen molar-refractivity contribution in [2.45, 2.75) is 36.5 Å². The molecule has 0 aromatic heterocycles. The summed E-state index contributed by atoms with van der Waals surface area (Å²) in [4.78, 5) is 2.50. The Kier molecular flexibility index (Phi) is 2.61. The average molecular weight is 311 g/mol. The molecule has 2 N–H and O–H groups in total. The number of hydrogen-bond acceptors (Lipinski definition) is 4. The van der Waals surface area contributed by atoms with Crippen LogP contribution in [0.15, 0.2) is 36.9 Å². The Labute approximate surface area is 135 Å². The quantitative estimate of drug-likeness (QED) is 0.817. The number of phenolic OH excluding ortho intramolecular Hbond substituents is 1. The van der Waals surface area contributed by atoms with Crippen LogP contribution in [0.3, 0.4) is 0 Å². The predicted octanol–water partition coefficient (Wildman–Crippen LogP) is 1.75. The van der Waals surface area contributed by atoms with Crippen LogP contribution < -0.4 is 4.74 Å².